The van der Waals surface area contributed by atoms with Crippen molar-refractivity contribution < 1.29 is 0 Å². The molecule has 2 rings (SSSR count). The van der Waals surface area contributed by atoms with Gasteiger partial charge in [0.15, 0.2) is 0 Å². The Morgan fingerprint density at radius 2 is 1.87 bits per heavy atom. The van der Waals surface area contributed by atoms with Gasteiger partial charge in [0, 0.05) is 5.54 Å². The van der Waals surface area contributed by atoms with Crippen LogP contribution in [0.4, 0.5) is 0 Å². The molecular weight excluding hydrogens is 182 g/mol. The largest absolute Gasteiger partial charge is 0.310 e. The SMILES string of the molecule is CNC1(c2cccc(C(C)(C)C)c2)CC1. The molecule has 0 unspecified atom stereocenters. The fourth-order valence-corrected chi connectivity index (χ4v) is 2.09. The van der Waals surface area contributed by atoms with Crippen LogP contribution in [0.3, 0.4) is 0 Å². The average molecular weight is 203 g/mol. The molecule has 1 fully saturated rings. The smallest absolute Gasteiger partial charge is 0.0433 e. The lowest BCUT2D eigenvalue weighted by Gasteiger charge is -2.22. The highest BCUT2D eigenvalue weighted by Crippen LogP contribution is 2.45. The van der Waals surface area contributed by atoms with Gasteiger partial charge in [0.25, 0.3) is 0 Å². The summed E-state index contributed by atoms with van der Waals surface area (Å²) in [5.74, 6) is 0. The molecule has 1 N–H and O–H groups in total. The Balaban J connectivity index is 2.35. The topological polar surface area (TPSA) is 12.0 Å². The minimum Gasteiger partial charge on any atom is -0.310 e. The number of rotatable bonds is 2. The zero-order valence-corrected chi connectivity index (χ0v) is 10.2. The zero-order valence-electron chi connectivity index (χ0n) is 10.2. The molecule has 82 valence electrons. The summed E-state index contributed by atoms with van der Waals surface area (Å²) in [5, 5.41) is 3.45. The van der Waals surface area contributed by atoms with E-state index < -0.39 is 0 Å². The summed E-state index contributed by atoms with van der Waals surface area (Å²) in [6.45, 7) is 6.81. The molecule has 0 heterocycles. The first kappa shape index (κ1) is 10.7. The Morgan fingerprint density at radius 3 is 2.33 bits per heavy atom. The lowest BCUT2D eigenvalue weighted by molar-refractivity contribution is 0.568. The number of hydrogen-bond donors (Lipinski definition) is 1. The number of benzene rings is 1. The number of nitrogens with one attached hydrogen (secondary N) is 1. The van der Waals surface area contributed by atoms with Crippen LogP contribution < -0.4 is 5.32 Å². The average Bonchev–Trinajstić information content (AvgIpc) is 2.97. The van der Waals surface area contributed by atoms with Crippen molar-refractivity contribution >= 4 is 0 Å². The van der Waals surface area contributed by atoms with Crippen LogP contribution in [-0.4, -0.2) is 7.05 Å². The molecule has 1 aromatic carbocycles. The molecule has 0 atom stereocenters. The van der Waals surface area contributed by atoms with Crippen molar-refractivity contribution in [1.82, 2.24) is 5.32 Å². The van der Waals surface area contributed by atoms with Crippen LogP contribution >= 0.6 is 0 Å². The van der Waals surface area contributed by atoms with Crippen molar-refractivity contribution in [2.75, 3.05) is 7.05 Å². The van der Waals surface area contributed by atoms with Crippen molar-refractivity contribution in [3.63, 3.8) is 0 Å². The highest BCUT2D eigenvalue weighted by Gasteiger charge is 2.42. The van der Waals surface area contributed by atoms with Crippen LogP contribution in [0.2, 0.25) is 0 Å². The van der Waals surface area contributed by atoms with Crippen LogP contribution in [-0.2, 0) is 11.0 Å². The van der Waals surface area contributed by atoms with Gasteiger partial charge in [-0.05, 0) is 36.4 Å². The molecule has 1 aliphatic rings. The molecule has 0 aromatic heterocycles. The molecule has 15 heavy (non-hydrogen) atoms. The standard InChI is InChI=1S/C14H21N/c1-13(2,3)11-6-5-7-12(10-11)14(15-4)8-9-14/h5-7,10,15H,8-9H2,1-4H3. The molecular formula is C14H21N. The maximum Gasteiger partial charge on any atom is 0.0433 e. The molecule has 1 nitrogen and oxygen atoms in total. The van der Waals surface area contributed by atoms with Gasteiger partial charge in [0.2, 0.25) is 0 Å². The van der Waals surface area contributed by atoms with E-state index in [0.717, 1.165) is 0 Å². The second-order valence-corrected chi connectivity index (χ2v) is 5.66. The molecule has 1 aromatic rings. The summed E-state index contributed by atoms with van der Waals surface area (Å²) < 4.78 is 0. The van der Waals surface area contributed by atoms with Crippen molar-refractivity contribution in [2.45, 2.75) is 44.6 Å². The molecule has 1 saturated carbocycles. The van der Waals surface area contributed by atoms with E-state index in [4.69, 9.17) is 0 Å². The van der Waals surface area contributed by atoms with E-state index in [-0.39, 0.29) is 5.41 Å². The van der Waals surface area contributed by atoms with E-state index in [1.807, 2.05) is 0 Å². The monoisotopic (exact) mass is 203 g/mol. The van der Waals surface area contributed by atoms with E-state index in [9.17, 15) is 0 Å². The third-order valence-corrected chi connectivity index (χ3v) is 3.51. The third kappa shape index (κ3) is 1.93. The first-order valence-electron chi connectivity index (χ1n) is 5.78. The van der Waals surface area contributed by atoms with E-state index in [0.29, 0.717) is 5.54 Å². The van der Waals surface area contributed by atoms with Crippen LogP contribution in [0.5, 0.6) is 0 Å². The second-order valence-electron chi connectivity index (χ2n) is 5.66. The quantitative estimate of drug-likeness (QED) is 0.778. The Morgan fingerprint density at radius 1 is 1.20 bits per heavy atom. The van der Waals surface area contributed by atoms with Crippen molar-refractivity contribution in [3.8, 4) is 0 Å². The lowest BCUT2D eigenvalue weighted by atomic mass is 9.85. The number of hydrogen-bond acceptors (Lipinski definition) is 1. The fourth-order valence-electron chi connectivity index (χ4n) is 2.09. The Hall–Kier alpha value is -0.820. The van der Waals surface area contributed by atoms with E-state index in [1.54, 1.807) is 0 Å². The summed E-state index contributed by atoms with van der Waals surface area (Å²) in [6, 6.07) is 9.03. The van der Waals surface area contributed by atoms with E-state index in [1.165, 1.54) is 24.0 Å². The summed E-state index contributed by atoms with van der Waals surface area (Å²) in [4.78, 5) is 0. The van der Waals surface area contributed by atoms with Gasteiger partial charge in [-0.2, -0.15) is 0 Å². The van der Waals surface area contributed by atoms with Gasteiger partial charge in [-0.15, -0.1) is 0 Å². The highest BCUT2D eigenvalue weighted by atomic mass is 15.0. The third-order valence-electron chi connectivity index (χ3n) is 3.51. The van der Waals surface area contributed by atoms with E-state index >= 15 is 0 Å². The predicted octanol–water partition coefficient (Wildman–Crippen LogP) is 3.19. The van der Waals surface area contributed by atoms with Gasteiger partial charge in [0.05, 0.1) is 0 Å². The maximum atomic E-state index is 3.45. The van der Waals surface area contributed by atoms with Crippen LogP contribution in [0.25, 0.3) is 0 Å². The molecule has 0 radical (unpaired) electrons. The summed E-state index contributed by atoms with van der Waals surface area (Å²) >= 11 is 0. The van der Waals surface area contributed by atoms with Gasteiger partial charge in [-0.3, -0.25) is 0 Å². The van der Waals surface area contributed by atoms with E-state index in [2.05, 4.69) is 57.4 Å². The molecule has 0 amide bonds. The molecule has 0 aliphatic heterocycles. The summed E-state index contributed by atoms with van der Waals surface area (Å²) in [5.41, 5.74) is 3.43. The van der Waals surface area contributed by atoms with Gasteiger partial charge in [0.1, 0.15) is 0 Å². The predicted molar refractivity (Wildman–Crippen MR) is 65.1 cm³/mol. The Bertz CT molecular complexity index is 356. The molecule has 1 heteroatoms. The maximum absolute atomic E-state index is 3.45. The van der Waals surface area contributed by atoms with Crippen molar-refractivity contribution in [1.29, 1.82) is 0 Å². The Labute approximate surface area is 92.9 Å². The molecule has 0 saturated heterocycles. The van der Waals surface area contributed by atoms with Gasteiger partial charge in [-0.25, -0.2) is 0 Å². The second kappa shape index (κ2) is 3.34. The normalized spacial score (nSPS) is 18.9. The summed E-state index contributed by atoms with van der Waals surface area (Å²) in [6.07, 6.45) is 2.55. The van der Waals surface area contributed by atoms with Crippen LogP contribution in [0, 0.1) is 0 Å². The van der Waals surface area contributed by atoms with Gasteiger partial charge >= 0.3 is 0 Å². The minimum absolute atomic E-state index is 0.250. The zero-order chi connectivity index (χ0) is 11.1. The molecule has 0 spiro atoms. The van der Waals surface area contributed by atoms with Crippen LogP contribution in [0.15, 0.2) is 24.3 Å². The van der Waals surface area contributed by atoms with Gasteiger partial charge < -0.3 is 5.32 Å². The fraction of sp³-hybridized carbons (Fsp3) is 0.571. The van der Waals surface area contributed by atoms with Crippen molar-refractivity contribution in [3.05, 3.63) is 35.4 Å². The highest BCUT2D eigenvalue weighted by molar-refractivity contribution is 5.36. The molecule has 0 bridgehead atoms. The van der Waals surface area contributed by atoms with Crippen molar-refractivity contribution in [2.24, 2.45) is 0 Å². The lowest BCUT2D eigenvalue weighted by Crippen LogP contribution is -2.25. The van der Waals surface area contributed by atoms with Gasteiger partial charge in [-0.1, -0.05) is 45.0 Å². The first-order valence-corrected chi connectivity index (χ1v) is 5.78. The molecule has 1 aliphatic carbocycles. The van der Waals surface area contributed by atoms with Crippen LogP contribution in [0.1, 0.15) is 44.7 Å². The first-order chi connectivity index (χ1) is 6.98. The minimum atomic E-state index is 0.250. The Kier molecular flexibility index (Phi) is 2.38. The summed E-state index contributed by atoms with van der Waals surface area (Å²) in [7, 11) is 2.07.